The van der Waals surface area contributed by atoms with E-state index in [-0.39, 0.29) is 17.3 Å². The fourth-order valence-electron chi connectivity index (χ4n) is 2.49. The largest absolute Gasteiger partial charge is 0.478 e. The lowest BCUT2D eigenvalue weighted by atomic mass is 9.96. The molecule has 4 heteroatoms. The van der Waals surface area contributed by atoms with Crippen LogP contribution in [0.4, 0.5) is 0 Å². The van der Waals surface area contributed by atoms with Crippen LogP contribution in [0.2, 0.25) is 0 Å². The van der Waals surface area contributed by atoms with Gasteiger partial charge in [-0.1, -0.05) is 13.8 Å². The molecule has 1 aromatic carbocycles. The fourth-order valence-corrected chi connectivity index (χ4v) is 2.49. The first-order valence-corrected chi connectivity index (χ1v) is 6.77. The van der Waals surface area contributed by atoms with Gasteiger partial charge in [0.25, 0.3) is 0 Å². The Morgan fingerprint density at radius 3 is 2.35 bits per heavy atom. The zero-order chi connectivity index (χ0) is 15.0. The van der Waals surface area contributed by atoms with Gasteiger partial charge in [0.2, 0.25) is 0 Å². The number of ketones is 1. The Labute approximate surface area is 118 Å². The Morgan fingerprint density at radius 1 is 1.25 bits per heavy atom. The Hall–Kier alpha value is -2.10. The molecule has 0 spiro atoms. The van der Waals surface area contributed by atoms with Crippen molar-refractivity contribution in [2.45, 2.75) is 40.2 Å². The van der Waals surface area contributed by atoms with Gasteiger partial charge in [-0.25, -0.2) is 4.79 Å². The summed E-state index contributed by atoms with van der Waals surface area (Å²) in [6.45, 7) is 8.10. The molecular weight excluding hydrogens is 254 g/mol. The summed E-state index contributed by atoms with van der Waals surface area (Å²) in [6, 6.07) is 3.65. The minimum absolute atomic E-state index is 0.0422. The number of hydrogen-bond donors (Lipinski definition) is 1. The van der Waals surface area contributed by atoms with Crippen molar-refractivity contribution in [2.24, 2.45) is 0 Å². The van der Waals surface area contributed by atoms with E-state index in [0.717, 1.165) is 10.9 Å². The van der Waals surface area contributed by atoms with Crippen LogP contribution in [0.15, 0.2) is 18.3 Å². The molecule has 1 N–H and O–H groups in total. The second-order valence-electron chi connectivity index (χ2n) is 5.31. The molecule has 0 atom stereocenters. The monoisotopic (exact) mass is 273 g/mol. The molecule has 0 aliphatic heterocycles. The summed E-state index contributed by atoms with van der Waals surface area (Å²) in [5, 5.41) is 10.2. The highest BCUT2D eigenvalue weighted by Crippen LogP contribution is 2.30. The van der Waals surface area contributed by atoms with E-state index >= 15 is 0 Å². The minimum Gasteiger partial charge on any atom is -0.478 e. The van der Waals surface area contributed by atoms with Gasteiger partial charge >= 0.3 is 5.97 Å². The highest BCUT2D eigenvalue weighted by molar-refractivity contribution is 6.12. The number of carboxylic acid groups (broad SMARTS) is 1. The molecule has 0 aliphatic carbocycles. The van der Waals surface area contributed by atoms with Gasteiger partial charge in [0, 0.05) is 23.7 Å². The standard InChI is InChI=1S/C16H19NO3/c1-5-17-8-14(10(4)18)12-6-11(9(2)3)7-13(15(12)17)16(19)20/h6-9H,5H2,1-4H3,(H,19,20). The molecule has 20 heavy (non-hydrogen) atoms. The van der Waals surface area contributed by atoms with Crippen LogP contribution in [0.3, 0.4) is 0 Å². The van der Waals surface area contributed by atoms with Crippen molar-refractivity contribution in [3.63, 3.8) is 0 Å². The predicted molar refractivity (Wildman–Crippen MR) is 78.7 cm³/mol. The lowest BCUT2D eigenvalue weighted by Crippen LogP contribution is -2.04. The number of nitrogens with zero attached hydrogens (tertiary/aromatic N) is 1. The normalized spacial score (nSPS) is 11.2. The molecule has 0 saturated heterocycles. The van der Waals surface area contributed by atoms with Crippen LogP contribution in [0.1, 0.15) is 59.9 Å². The van der Waals surface area contributed by atoms with E-state index in [2.05, 4.69) is 0 Å². The van der Waals surface area contributed by atoms with E-state index < -0.39 is 5.97 Å². The summed E-state index contributed by atoms with van der Waals surface area (Å²) in [5.41, 5.74) is 2.42. The molecule has 4 nitrogen and oxygen atoms in total. The van der Waals surface area contributed by atoms with E-state index in [0.29, 0.717) is 17.6 Å². The zero-order valence-electron chi connectivity index (χ0n) is 12.2. The number of benzene rings is 1. The quantitative estimate of drug-likeness (QED) is 0.864. The highest BCUT2D eigenvalue weighted by atomic mass is 16.4. The average Bonchev–Trinajstić information content (AvgIpc) is 2.75. The van der Waals surface area contributed by atoms with Gasteiger partial charge in [0.15, 0.2) is 5.78 Å². The molecule has 0 amide bonds. The third-order valence-electron chi connectivity index (χ3n) is 3.61. The van der Waals surface area contributed by atoms with E-state index in [1.54, 1.807) is 12.3 Å². The Balaban J connectivity index is 2.94. The Kier molecular flexibility index (Phi) is 3.66. The highest BCUT2D eigenvalue weighted by Gasteiger charge is 2.20. The number of rotatable bonds is 4. The summed E-state index contributed by atoms with van der Waals surface area (Å²) < 4.78 is 1.83. The first kappa shape index (κ1) is 14.3. The maximum atomic E-state index is 11.8. The van der Waals surface area contributed by atoms with Gasteiger partial charge in [0.1, 0.15) is 0 Å². The Morgan fingerprint density at radius 2 is 1.90 bits per heavy atom. The van der Waals surface area contributed by atoms with Crippen LogP contribution >= 0.6 is 0 Å². The van der Waals surface area contributed by atoms with Crippen molar-refractivity contribution in [1.82, 2.24) is 4.57 Å². The Bertz CT molecular complexity index is 695. The van der Waals surface area contributed by atoms with Gasteiger partial charge in [0.05, 0.1) is 11.1 Å². The van der Waals surface area contributed by atoms with E-state index in [4.69, 9.17) is 0 Å². The molecule has 0 bridgehead atoms. The molecule has 2 rings (SSSR count). The molecule has 0 radical (unpaired) electrons. The van der Waals surface area contributed by atoms with Crippen LogP contribution in [0, 0.1) is 0 Å². The zero-order valence-corrected chi connectivity index (χ0v) is 12.2. The lowest BCUT2D eigenvalue weighted by Gasteiger charge is -2.10. The third kappa shape index (κ3) is 2.22. The van der Waals surface area contributed by atoms with Gasteiger partial charge in [-0.15, -0.1) is 0 Å². The lowest BCUT2D eigenvalue weighted by molar-refractivity contribution is 0.0698. The maximum absolute atomic E-state index is 11.8. The number of carbonyl (C=O) groups excluding carboxylic acids is 1. The molecule has 0 saturated carbocycles. The van der Waals surface area contributed by atoms with Crippen LogP contribution < -0.4 is 0 Å². The molecule has 1 aromatic heterocycles. The van der Waals surface area contributed by atoms with Crippen LogP contribution in [-0.4, -0.2) is 21.4 Å². The number of carboxylic acids is 1. The van der Waals surface area contributed by atoms with Crippen LogP contribution in [-0.2, 0) is 6.54 Å². The maximum Gasteiger partial charge on any atom is 0.337 e. The number of aromatic nitrogens is 1. The number of carbonyl (C=O) groups is 2. The first-order valence-electron chi connectivity index (χ1n) is 6.77. The van der Waals surface area contributed by atoms with E-state index in [1.165, 1.54) is 6.92 Å². The van der Waals surface area contributed by atoms with Crippen molar-refractivity contribution < 1.29 is 14.7 Å². The number of fused-ring (bicyclic) bond motifs is 1. The van der Waals surface area contributed by atoms with Crippen molar-refractivity contribution in [1.29, 1.82) is 0 Å². The van der Waals surface area contributed by atoms with Crippen LogP contribution in [0.25, 0.3) is 10.9 Å². The van der Waals surface area contributed by atoms with Crippen molar-refractivity contribution in [2.75, 3.05) is 0 Å². The van der Waals surface area contributed by atoms with Gasteiger partial charge in [-0.2, -0.15) is 0 Å². The topological polar surface area (TPSA) is 59.3 Å². The second-order valence-corrected chi connectivity index (χ2v) is 5.31. The van der Waals surface area contributed by atoms with E-state index in [1.807, 2.05) is 31.4 Å². The third-order valence-corrected chi connectivity index (χ3v) is 3.61. The molecule has 0 aliphatic rings. The number of aryl methyl sites for hydroxylation is 1. The predicted octanol–water partition coefficient (Wildman–Crippen LogP) is 3.69. The van der Waals surface area contributed by atoms with Crippen molar-refractivity contribution in [3.05, 3.63) is 35.0 Å². The van der Waals surface area contributed by atoms with Crippen LogP contribution in [0.5, 0.6) is 0 Å². The summed E-state index contributed by atoms with van der Waals surface area (Å²) >= 11 is 0. The summed E-state index contributed by atoms with van der Waals surface area (Å²) in [7, 11) is 0. The van der Waals surface area contributed by atoms with Crippen molar-refractivity contribution in [3.8, 4) is 0 Å². The van der Waals surface area contributed by atoms with Gasteiger partial charge in [-0.05, 0) is 37.5 Å². The first-order chi connectivity index (χ1) is 9.36. The molecule has 2 aromatic rings. The average molecular weight is 273 g/mol. The van der Waals surface area contributed by atoms with Gasteiger partial charge in [-0.3, -0.25) is 4.79 Å². The molecular formula is C16H19NO3. The summed E-state index contributed by atoms with van der Waals surface area (Å²) in [5.74, 6) is -0.790. The number of hydrogen-bond acceptors (Lipinski definition) is 2. The number of Topliss-reactive ketones (excluding diaryl/α,β-unsaturated/α-hetero) is 1. The van der Waals surface area contributed by atoms with E-state index in [9.17, 15) is 14.7 Å². The van der Waals surface area contributed by atoms with Crippen molar-refractivity contribution >= 4 is 22.7 Å². The smallest absolute Gasteiger partial charge is 0.337 e. The fraction of sp³-hybridized carbons (Fsp3) is 0.375. The summed E-state index contributed by atoms with van der Waals surface area (Å²) in [6.07, 6.45) is 1.75. The molecule has 0 fully saturated rings. The minimum atomic E-state index is -0.958. The summed E-state index contributed by atoms with van der Waals surface area (Å²) in [4.78, 5) is 23.3. The van der Waals surface area contributed by atoms with Gasteiger partial charge < -0.3 is 9.67 Å². The molecule has 106 valence electrons. The second kappa shape index (κ2) is 5.12. The number of aromatic carboxylic acids is 1. The SMILES string of the molecule is CCn1cc(C(C)=O)c2cc(C(C)C)cc(C(=O)O)c21. The molecule has 1 heterocycles. The molecule has 0 unspecified atom stereocenters.